The molecule has 0 atom stereocenters. The fourth-order valence-electron chi connectivity index (χ4n) is 1.51. The van der Waals surface area contributed by atoms with Crippen LogP contribution in [0.2, 0.25) is 0 Å². The molecule has 2 amide bonds. The smallest absolute Gasteiger partial charge is 0.404 e. The van der Waals surface area contributed by atoms with Crippen molar-refractivity contribution in [3.8, 4) is 0 Å². The fourth-order valence-corrected chi connectivity index (χ4v) is 1.51. The summed E-state index contributed by atoms with van der Waals surface area (Å²) in [7, 11) is 1.22. The Hall–Kier alpha value is -1.46. The molecule has 1 aliphatic rings. The number of rotatable bonds is 1. The molecule has 6 nitrogen and oxygen atoms in total. The third-order valence-corrected chi connectivity index (χ3v) is 2.45. The molecule has 0 radical (unpaired) electrons. The van der Waals surface area contributed by atoms with Crippen molar-refractivity contribution in [3.05, 3.63) is 0 Å². The molecule has 1 rings (SSSR count). The Labute approximate surface area is 95.3 Å². The molecule has 0 unspecified atom stereocenters. The summed E-state index contributed by atoms with van der Waals surface area (Å²) in [5.41, 5.74) is 9.33. The summed E-state index contributed by atoms with van der Waals surface area (Å²) >= 11 is 0. The summed E-state index contributed by atoms with van der Waals surface area (Å²) in [6, 6.07) is 0. The van der Waals surface area contributed by atoms with Crippen LogP contribution >= 0.6 is 0 Å². The first kappa shape index (κ1) is 14.5. The van der Waals surface area contributed by atoms with E-state index in [9.17, 15) is 9.59 Å². The highest BCUT2D eigenvalue weighted by atomic mass is 16.6. The number of carbonyl (C=O) groups is 2. The summed E-state index contributed by atoms with van der Waals surface area (Å²) in [5, 5.41) is 0. The van der Waals surface area contributed by atoms with E-state index in [1.54, 1.807) is 0 Å². The van der Waals surface area contributed by atoms with Crippen LogP contribution in [0.15, 0.2) is 0 Å². The maximum Gasteiger partial charge on any atom is 0.404 e. The molecule has 1 fully saturated rings. The Bertz CT molecular complexity index is 225. The number of primary amides is 2. The van der Waals surface area contributed by atoms with Gasteiger partial charge in [-0.1, -0.05) is 6.92 Å². The van der Waals surface area contributed by atoms with Crippen molar-refractivity contribution in [3.63, 3.8) is 0 Å². The monoisotopic (exact) mass is 232 g/mol. The Morgan fingerprint density at radius 2 is 1.50 bits per heavy atom. The van der Waals surface area contributed by atoms with Crippen molar-refractivity contribution >= 4 is 12.2 Å². The third-order valence-electron chi connectivity index (χ3n) is 2.45. The lowest BCUT2D eigenvalue weighted by atomic mass is 9.89. The summed E-state index contributed by atoms with van der Waals surface area (Å²) in [5.74, 6) is 0.780. The van der Waals surface area contributed by atoms with Crippen LogP contribution in [0.4, 0.5) is 9.59 Å². The second-order valence-corrected chi connectivity index (χ2v) is 3.84. The first-order chi connectivity index (χ1) is 7.45. The lowest BCUT2D eigenvalue weighted by Crippen LogP contribution is -2.26. The first-order valence-corrected chi connectivity index (χ1v) is 5.25. The van der Waals surface area contributed by atoms with Crippen molar-refractivity contribution in [2.45, 2.75) is 38.7 Å². The van der Waals surface area contributed by atoms with Gasteiger partial charge in [-0.25, -0.2) is 9.59 Å². The van der Waals surface area contributed by atoms with Crippen LogP contribution in [0.5, 0.6) is 0 Å². The Morgan fingerprint density at radius 3 is 1.81 bits per heavy atom. The molecule has 0 aromatic carbocycles. The molecular weight excluding hydrogens is 212 g/mol. The molecule has 0 bridgehead atoms. The SMILES string of the molecule is CC1CCC(OC(N)=O)CC1.COC(N)=O. The van der Waals surface area contributed by atoms with Gasteiger partial charge >= 0.3 is 12.2 Å². The van der Waals surface area contributed by atoms with Crippen molar-refractivity contribution in [1.29, 1.82) is 0 Å². The largest absolute Gasteiger partial charge is 0.453 e. The predicted molar refractivity (Wildman–Crippen MR) is 58.7 cm³/mol. The van der Waals surface area contributed by atoms with E-state index < -0.39 is 12.2 Å². The van der Waals surface area contributed by atoms with Crippen LogP contribution in [0.25, 0.3) is 0 Å². The Balaban J connectivity index is 0.000000385. The molecule has 4 N–H and O–H groups in total. The zero-order valence-electron chi connectivity index (χ0n) is 9.77. The van der Waals surface area contributed by atoms with Crippen LogP contribution in [0, 0.1) is 5.92 Å². The number of carbonyl (C=O) groups excluding carboxylic acids is 2. The van der Waals surface area contributed by atoms with Gasteiger partial charge in [0, 0.05) is 0 Å². The number of methoxy groups -OCH3 is 1. The number of amides is 2. The number of hydrogen-bond acceptors (Lipinski definition) is 4. The molecule has 0 aromatic rings. The predicted octanol–water partition coefficient (Wildman–Crippen LogP) is 1.37. The molecule has 0 spiro atoms. The van der Waals surface area contributed by atoms with E-state index in [0.29, 0.717) is 0 Å². The van der Waals surface area contributed by atoms with Gasteiger partial charge in [-0.05, 0) is 31.6 Å². The van der Waals surface area contributed by atoms with Gasteiger partial charge in [0.1, 0.15) is 6.10 Å². The minimum atomic E-state index is -0.745. The maximum absolute atomic E-state index is 10.3. The lowest BCUT2D eigenvalue weighted by molar-refractivity contribution is 0.0732. The van der Waals surface area contributed by atoms with E-state index in [-0.39, 0.29) is 6.10 Å². The van der Waals surface area contributed by atoms with Gasteiger partial charge < -0.3 is 20.9 Å². The molecule has 0 heterocycles. The standard InChI is InChI=1S/C8H15NO2.C2H5NO2/c1-6-2-4-7(5-3-6)11-8(9)10;1-5-2(3)4/h6-7H,2-5H2,1H3,(H2,9,10);1H3,(H2,3,4). The molecule has 1 aliphatic carbocycles. The molecular formula is C10H20N2O4. The summed E-state index contributed by atoms with van der Waals surface area (Å²) in [6.45, 7) is 2.22. The van der Waals surface area contributed by atoms with Crippen LogP contribution in [0.3, 0.4) is 0 Å². The topological polar surface area (TPSA) is 105 Å². The molecule has 16 heavy (non-hydrogen) atoms. The van der Waals surface area contributed by atoms with Crippen molar-refractivity contribution < 1.29 is 19.1 Å². The van der Waals surface area contributed by atoms with Gasteiger partial charge in [0.05, 0.1) is 7.11 Å². The van der Waals surface area contributed by atoms with E-state index in [4.69, 9.17) is 10.5 Å². The van der Waals surface area contributed by atoms with Crippen molar-refractivity contribution in [2.75, 3.05) is 7.11 Å². The summed E-state index contributed by atoms with van der Waals surface area (Å²) in [4.78, 5) is 19.7. The van der Waals surface area contributed by atoms with Crippen molar-refractivity contribution in [1.82, 2.24) is 0 Å². The Kier molecular flexibility index (Phi) is 7.07. The van der Waals surface area contributed by atoms with E-state index in [0.717, 1.165) is 31.6 Å². The summed E-state index contributed by atoms with van der Waals surface area (Å²) in [6.07, 6.45) is 2.96. The van der Waals surface area contributed by atoms with Crippen LogP contribution in [0.1, 0.15) is 32.6 Å². The van der Waals surface area contributed by atoms with E-state index in [1.165, 1.54) is 7.11 Å². The van der Waals surface area contributed by atoms with Crippen LogP contribution in [-0.4, -0.2) is 25.4 Å². The normalized spacial score (nSPS) is 23.6. The van der Waals surface area contributed by atoms with Gasteiger partial charge in [-0.2, -0.15) is 0 Å². The molecule has 1 saturated carbocycles. The molecule has 94 valence electrons. The van der Waals surface area contributed by atoms with E-state index >= 15 is 0 Å². The van der Waals surface area contributed by atoms with Gasteiger partial charge in [0.15, 0.2) is 0 Å². The number of nitrogens with two attached hydrogens (primary N) is 2. The average molecular weight is 232 g/mol. The highest BCUT2D eigenvalue weighted by Gasteiger charge is 2.20. The Morgan fingerprint density at radius 1 is 1.06 bits per heavy atom. The molecule has 0 aromatic heterocycles. The zero-order valence-corrected chi connectivity index (χ0v) is 9.77. The molecule has 0 aliphatic heterocycles. The zero-order chi connectivity index (χ0) is 12.6. The fraction of sp³-hybridized carbons (Fsp3) is 0.800. The minimum Gasteiger partial charge on any atom is -0.453 e. The van der Waals surface area contributed by atoms with Crippen molar-refractivity contribution in [2.24, 2.45) is 17.4 Å². The lowest BCUT2D eigenvalue weighted by Gasteiger charge is -2.25. The number of hydrogen-bond donors (Lipinski definition) is 2. The highest BCUT2D eigenvalue weighted by molar-refractivity contribution is 5.64. The van der Waals surface area contributed by atoms with Crippen LogP contribution in [-0.2, 0) is 9.47 Å². The highest BCUT2D eigenvalue weighted by Crippen LogP contribution is 2.25. The maximum atomic E-state index is 10.3. The molecule has 6 heteroatoms. The molecule has 0 saturated heterocycles. The van der Waals surface area contributed by atoms with Crippen LogP contribution < -0.4 is 11.5 Å². The van der Waals surface area contributed by atoms with E-state index in [1.807, 2.05) is 0 Å². The first-order valence-electron chi connectivity index (χ1n) is 5.25. The quantitative estimate of drug-likeness (QED) is 0.712. The third kappa shape index (κ3) is 7.90. The van der Waals surface area contributed by atoms with Gasteiger partial charge in [0.2, 0.25) is 0 Å². The minimum absolute atomic E-state index is 0.0868. The second-order valence-electron chi connectivity index (χ2n) is 3.84. The second kappa shape index (κ2) is 7.78. The van der Waals surface area contributed by atoms with Gasteiger partial charge in [0.25, 0.3) is 0 Å². The van der Waals surface area contributed by atoms with Gasteiger partial charge in [-0.15, -0.1) is 0 Å². The summed E-state index contributed by atoms with van der Waals surface area (Å²) < 4.78 is 8.77. The average Bonchev–Trinajstić information content (AvgIpc) is 2.22. The van der Waals surface area contributed by atoms with Gasteiger partial charge in [-0.3, -0.25) is 0 Å². The van der Waals surface area contributed by atoms with E-state index in [2.05, 4.69) is 17.4 Å². The number of ether oxygens (including phenoxy) is 2.